The van der Waals surface area contributed by atoms with E-state index >= 15 is 0 Å². The van der Waals surface area contributed by atoms with E-state index in [4.69, 9.17) is 15.7 Å². The molecule has 7 heteroatoms. The van der Waals surface area contributed by atoms with Crippen molar-refractivity contribution in [1.82, 2.24) is 23.9 Å². The maximum absolute atomic E-state index is 10.4. The third-order valence-electron chi connectivity index (χ3n) is 7.58. The van der Waals surface area contributed by atoms with E-state index in [2.05, 4.69) is 64.1 Å². The van der Waals surface area contributed by atoms with Gasteiger partial charge in [0.1, 0.15) is 28.7 Å². The van der Waals surface area contributed by atoms with Gasteiger partial charge >= 0.3 is 0 Å². The van der Waals surface area contributed by atoms with E-state index in [0.717, 1.165) is 51.6 Å². The zero-order valence-corrected chi connectivity index (χ0v) is 21.1. The van der Waals surface area contributed by atoms with Crippen LogP contribution in [-0.2, 0) is 6.54 Å². The maximum Gasteiger partial charge on any atom is 0.150 e. The predicted molar refractivity (Wildman–Crippen MR) is 150 cm³/mol. The summed E-state index contributed by atoms with van der Waals surface area (Å²) >= 11 is 0. The minimum absolute atomic E-state index is 0.173. The lowest BCUT2D eigenvalue weighted by atomic mass is 9.72. The fourth-order valence-corrected chi connectivity index (χ4v) is 5.77. The molecule has 3 aromatic carbocycles. The summed E-state index contributed by atoms with van der Waals surface area (Å²) in [7, 11) is 0. The van der Waals surface area contributed by atoms with Crippen molar-refractivity contribution in [2.24, 2.45) is 0 Å². The van der Waals surface area contributed by atoms with Gasteiger partial charge < -0.3 is 15.4 Å². The highest BCUT2D eigenvalue weighted by molar-refractivity contribution is 5.91. The van der Waals surface area contributed by atoms with Gasteiger partial charge in [-0.1, -0.05) is 66.7 Å². The molecule has 0 saturated heterocycles. The van der Waals surface area contributed by atoms with Gasteiger partial charge in [-0.2, -0.15) is 0 Å². The molecular formula is C31H28N6O. The van der Waals surface area contributed by atoms with Gasteiger partial charge in [-0.05, 0) is 37.5 Å². The summed E-state index contributed by atoms with van der Waals surface area (Å²) in [5, 5.41) is 10.4. The second-order valence-electron chi connectivity index (χ2n) is 10.5. The first-order valence-corrected chi connectivity index (χ1v) is 12.9. The zero-order valence-electron chi connectivity index (χ0n) is 21.1. The Morgan fingerprint density at radius 3 is 2.42 bits per heavy atom. The number of benzene rings is 3. The zero-order chi connectivity index (χ0) is 25.9. The molecule has 3 aromatic heterocycles. The number of nitrogen functional groups attached to an aromatic ring is 1. The van der Waals surface area contributed by atoms with Crippen LogP contribution in [0.15, 0.2) is 91.3 Å². The van der Waals surface area contributed by atoms with Crippen LogP contribution in [0.4, 0.5) is 5.82 Å². The van der Waals surface area contributed by atoms with E-state index in [-0.39, 0.29) is 5.92 Å². The smallest absolute Gasteiger partial charge is 0.150 e. The number of anilines is 1. The maximum atomic E-state index is 10.4. The molecule has 0 atom stereocenters. The van der Waals surface area contributed by atoms with Crippen molar-refractivity contribution < 1.29 is 5.11 Å². The topological polar surface area (TPSA) is 94.3 Å². The van der Waals surface area contributed by atoms with E-state index in [1.54, 1.807) is 6.20 Å². The molecule has 188 valence electrons. The number of aliphatic hydroxyl groups is 1. The number of hydrogen-bond donors (Lipinski definition) is 2. The molecule has 0 radical (unpaired) electrons. The normalized spacial score (nSPS) is 19.2. The Morgan fingerprint density at radius 1 is 0.947 bits per heavy atom. The van der Waals surface area contributed by atoms with Gasteiger partial charge in [-0.3, -0.25) is 4.40 Å². The van der Waals surface area contributed by atoms with Crippen LogP contribution in [0.3, 0.4) is 0 Å². The first-order valence-electron chi connectivity index (χ1n) is 12.9. The minimum Gasteiger partial charge on any atom is -0.390 e. The molecule has 0 aliphatic heterocycles. The summed E-state index contributed by atoms with van der Waals surface area (Å²) in [5.74, 6) is 2.45. The van der Waals surface area contributed by atoms with Crippen molar-refractivity contribution in [3.63, 3.8) is 0 Å². The quantitative estimate of drug-likeness (QED) is 0.318. The van der Waals surface area contributed by atoms with Gasteiger partial charge in [0.2, 0.25) is 0 Å². The lowest BCUT2D eigenvalue weighted by Crippen LogP contribution is -2.40. The molecule has 1 saturated carbocycles. The number of fused-ring (bicyclic) bond motifs is 2. The molecular weight excluding hydrogens is 472 g/mol. The van der Waals surface area contributed by atoms with Gasteiger partial charge in [-0.15, -0.1) is 0 Å². The van der Waals surface area contributed by atoms with E-state index < -0.39 is 5.60 Å². The fraction of sp³-hybridized carbons (Fsp3) is 0.194. The van der Waals surface area contributed by atoms with Crippen LogP contribution in [-0.4, -0.2) is 34.6 Å². The molecule has 7 nitrogen and oxygen atoms in total. The Morgan fingerprint density at radius 2 is 1.68 bits per heavy atom. The van der Waals surface area contributed by atoms with E-state index in [1.807, 2.05) is 41.8 Å². The van der Waals surface area contributed by atoms with Crippen LogP contribution < -0.4 is 5.73 Å². The molecule has 0 bridgehead atoms. The molecule has 0 amide bonds. The lowest BCUT2D eigenvalue weighted by Gasteiger charge is -2.40. The molecule has 3 N–H and O–H groups in total. The standard InChI is InChI=1S/C31H28N6O/c1-31(38)17-23(18-31)30-35-26(27-28(32)33-14-15-36(27)30)22-12-13-25-24(16-22)34-29(21-10-6-3-7-11-21)37(25)19-20-8-4-2-5-9-20/h2-16,23,38H,17-19H2,1H3,(H2,32,33). The minimum atomic E-state index is -0.645. The molecule has 3 heterocycles. The van der Waals surface area contributed by atoms with Crippen LogP contribution in [0.25, 0.3) is 39.2 Å². The first-order chi connectivity index (χ1) is 18.5. The Kier molecular flexibility index (Phi) is 5.09. The number of imidazole rings is 2. The largest absolute Gasteiger partial charge is 0.390 e. The van der Waals surface area contributed by atoms with Crippen LogP contribution in [0, 0.1) is 0 Å². The van der Waals surface area contributed by atoms with E-state index in [0.29, 0.717) is 18.7 Å². The summed E-state index contributed by atoms with van der Waals surface area (Å²) in [6, 6.07) is 27.1. The summed E-state index contributed by atoms with van der Waals surface area (Å²) in [6.07, 6.45) is 4.97. The third kappa shape index (κ3) is 3.74. The Hall–Kier alpha value is -4.49. The van der Waals surface area contributed by atoms with Gasteiger partial charge in [0.15, 0.2) is 0 Å². The molecule has 7 rings (SSSR count). The lowest BCUT2D eigenvalue weighted by molar-refractivity contribution is -0.0335. The Bertz CT molecular complexity index is 1780. The van der Waals surface area contributed by atoms with E-state index in [9.17, 15) is 5.11 Å². The second-order valence-corrected chi connectivity index (χ2v) is 10.5. The highest BCUT2D eigenvalue weighted by Crippen LogP contribution is 2.45. The fourth-order valence-electron chi connectivity index (χ4n) is 5.77. The van der Waals surface area contributed by atoms with Gasteiger partial charge in [0.05, 0.1) is 16.6 Å². The Balaban J connectivity index is 1.39. The molecule has 1 fully saturated rings. The number of nitrogens with two attached hydrogens (primary N) is 1. The number of aromatic nitrogens is 5. The van der Waals surface area contributed by atoms with Crippen LogP contribution in [0.5, 0.6) is 0 Å². The SMILES string of the molecule is CC1(O)CC(c2nc(-c3ccc4c(c3)nc(-c3ccccc3)n4Cc3ccccc3)c3c(N)nccn23)C1. The van der Waals surface area contributed by atoms with Crippen LogP contribution in [0.1, 0.15) is 37.1 Å². The van der Waals surface area contributed by atoms with Gasteiger partial charge in [0.25, 0.3) is 0 Å². The second kappa shape index (κ2) is 8.53. The van der Waals surface area contributed by atoms with Gasteiger partial charge in [-0.25, -0.2) is 15.0 Å². The first kappa shape index (κ1) is 22.7. The average Bonchev–Trinajstić information content (AvgIpc) is 3.48. The summed E-state index contributed by atoms with van der Waals surface area (Å²) in [5.41, 5.74) is 12.5. The van der Waals surface area contributed by atoms with Gasteiger partial charge in [0, 0.05) is 36.0 Å². The van der Waals surface area contributed by atoms with E-state index in [1.165, 1.54) is 5.56 Å². The number of nitrogens with zero attached hydrogens (tertiary/aromatic N) is 5. The Labute approximate surface area is 220 Å². The highest BCUT2D eigenvalue weighted by atomic mass is 16.3. The molecule has 1 aliphatic carbocycles. The molecule has 6 aromatic rings. The van der Waals surface area contributed by atoms with Crippen molar-refractivity contribution in [3.05, 3.63) is 103 Å². The van der Waals surface area contributed by atoms with Crippen LogP contribution >= 0.6 is 0 Å². The monoisotopic (exact) mass is 500 g/mol. The number of hydrogen-bond acceptors (Lipinski definition) is 5. The summed E-state index contributed by atoms with van der Waals surface area (Å²) in [4.78, 5) is 14.5. The molecule has 1 aliphatic rings. The highest BCUT2D eigenvalue weighted by Gasteiger charge is 2.41. The van der Waals surface area contributed by atoms with Crippen molar-refractivity contribution in [3.8, 4) is 22.6 Å². The molecule has 0 spiro atoms. The predicted octanol–water partition coefficient (Wildman–Crippen LogP) is 5.67. The number of rotatable bonds is 5. The summed E-state index contributed by atoms with van der Waals surface area (Å²) in [6.45, 7) is 2.59. The third-order valence-corrected chi connectivity index (χ3v) is 7.58. The molecule has 0 unspecified atom stereocenters. The van der Waals surface area contributed by atoms with Crippen molar-refractivity contribution in [2.45, 2.75) is 37.8 Å². The van der Waals surface area contributed by atoms with Crippen molar-refractivity contribution in [2.75, 3.05) is 5.73 Å². The van der Waals surface area contributed by atoms with Crippen LogP contribution in [0.2, 0.25) is 0 Å². The average molecular weight is 501 g/mol. The van der Waals surface area contributed by atoms with Crippen molar-refractivity contribution in [1.29, 1.82) is 0 Å². The van der Waals surface area contributed by atoms with Crippen molar-refractivity contribution >= 4 is 22.4 Å². The summed E-state index contributed by atoms with van der Waals surface area (Å²) < 4.78 is 4.30. The molecule has 38 heavy (non-hydrogen) atoms.